The van der Waals surface area contributed by atoms with Gasteiger partial charge in [-0.25, -0.2) is 0 Å². The van der Waals surface area contributed by atoms with E-state index in [9.17, 15) is 0 Å². The Bertz CT molecular complexity index is 462. The molecule has 1 atom stereocenters. The van der Waals surface area contributed by atoms with Crippen LogP contribution in [-0.4, -0.2) is 22.9 Å². The van der Waals surface area contributed by atoms with Gasteiger partial charge in [-0.2, -0.15) is 5.10 Å². The Morgan fingerprint density at radius 2 is 2.33 bits per heavy atom. The first-order chi connectivity index (χ1) is 7.22. The average Bonchev–Trinajstić information content (AvgIpc) is 2.61. The van der Waals surface area contributed by atoms with Crippen molar-refractivity contribution in [2.45, 2.75) is 19.5 Å². The highest BCUT2D eigenvalue weighted by Crippen LogP contribution is 2.24. The minimum Gasteiger partial charge on any atom is -0.496 e. The number of methoxy groups -OCH3 is 1. The lowest BCUT2D eigenvalue weighted by atomic mass is 10.2. The second-order valence-corrected chi connectivity index (χ2v) is 3.70. The maximum Gasteiger partial charge on any atom is 0.129 e. The van der Waals surface area contributed by atoms with Crippen molar-refractivity contribution in [2.75, 3.05) is 7.11 Å². The molecule has 2 aromatic rings. The maximum absolute atomic E-state index is 5.75. The van der Waals surface area contributed by atoms with Crippen LogP contribution in [0.2, 0.25) is 0 Å². The van der Waals surface area contributed by atoms with Crippen LogP contribution in [0, 0.1) is 0 Å². The zero-order valence-corrected chi connectivity index (χ0v) is 8.97. The third kappa shape index (κ3) is 1.80. The van der Waals surface area contributed by atoms with Crippen molar-refractivity contribution < 1.29 is 4.74 Å². The molecule has 1 aromatic heterocycles. The molecule has 0 saturated heterocycles. The van der Waals surface area contributed by atoms with Gasteiger partial charge in [-0.1, -0.05) is 6.07 Å². The summed E-state index contributed by atoms with van der Waals surface area (Å²) in [5.74, 6) is 0.850. The largest absolute Gasteiger partial charge is 0.496 e. The summed E-state index contributed by atoms with van der Waals surface area (Å²) >= 11 is 0. The van der Waals surface area contributed by atoms with Crippen molar-refractivity contribution in [3.05, 3.63) is 24.4 Å². The Labute approximate surface area is 88.6 Å². The summed E-state index contributed by atoms with van der Waals surface area (Å²) in [7, 11) is 1.66. The molecule has 4 nitrogen and oxygen atoms in total. The number of nitrogens with two attached hydrogens (primary N) is 1. The van der Waals surface area contributed by atoms with E-state index in [1.54, 1.807) is 7.11 Å². The molecule has 4 heteroatoms. The summed E-state index contributed by atoms with van der Waals surface area (Å²) in [5, 5.41) is 5.33. The van der Waals surface area contributed by atoms with Crippen LogP contribution >= 0.6 is 0 Å². The molecule has 2 N–H and O–H groups in total. The van der Waals surface area contributed by atoms with E-state index in [1.165, 1.54) is 0 Å². The van der Waals surface area contributed by atoms with E-state index in [0.29, 0.717) is 0 Å². The van der Waals surface area contributed by atoms with E-state index in [-0.39, 0.29) is 6.04 Å². The normalized spacial score (nSPS) is 13.0. The van der Waals surface area contributed by atoms with Crippen LogP contribution in [0.3, 0.4) is 0 Å². The monoisotopic (exact) mass is 205 g/mol. The molecule has 0 aliphatic carbocycles. The van der Waals surface area contributed by atoms with Gasteiger partial charge in [-0.15, -0.1) is 0 Å². The van der Waals surface area contributed by atoms with Crippen LogP contribution in [0.1, 0.15) is 6.92 Å². The van der Waals surface area contributed by atoms with Crippen LogP contribution in [0.4, 0.5) is 0 Å². The van der Waals surface area contributed by atoms with Gasteiger partial charge in [-0.05, 0) is 19.1 Å². The van der Waals surface area contributed by atoms with Crippen LogP contribution in [-0.2, 0) is 6.54 Å². The van der Waals surface area contributed by atoms with Crippen molar-refractivity contribution in [1.82, 2.24) is 9.78 Å². The molecular formula is C11H15N3O. The van der Waals surface area contributed by atoms with Crippen molar-refractivity contribution in [1.29, 1.82) is 0 Å². The highest BCUT2D eigenvalue weighted by Gasteiger charge is 2.07. The van der Waals surface area contributed by atoms with Gasteiger partial charge in [0.15, 0.2) is 0 Å². The molecule has 0 bridgehead atoms. The van der Waals surface area contributed by atoms with Crippen molar-refractivity contribution in [3.63, 3.8) is 0 Å². The molecule has 0 aliphatic rings. The molecule has 2 rings (SSSR count). The molecule has 0 radical (unpaired) electrons. The molecule has 1 aromatic carbocycles. The van der Waals surface area contributed by atoms with Gasteiger partial charge in [0.05, 0.1) is 30.8 Å². The lowest BCUT2D eigenvalue weighted by Crippen LogP contribution is -2.22. The molecule has 0 spiro atoms. The fourth-order valence-corrected chi connectivity index (χ4v) is 1.67. The molecule has 1 unspecified atom stereocenters. The maximum atomic E-state index is 5.75. The van der Waals surface area contributed by atoms with Crippen LogP contribution in [0.15, 0.2) is 24.4 Å². The Hall–Kier alpha value is -1.55. The fourth-order valence-electron chi connectivity index (χ4n) is 1.67. The van der Waals surface area contributed by atoms with Gasteiger partial charge < -0.3 is 10.5 Å². The third-order valence-corrected chi connectivity index (χ3v) is 2.33. The van der Waals surface area contributed by atoms with Gasteiger partial charge in [-0.3, -0.25) is 4.68 Å². The molecular weight excluding hydrogens is 190 g/mol. The zero-order chi connectivity index (χ0) is 10.8. The highest BCUT2D eigenvalue weighted by atomic mass is 16.5. The Kier molecular flexibility index (Phi) is 2.60. The van der Waals surface area contributed by atoms with E-state index in [4.69, 9.17) is 10.5 Å². The molecule has 80 valence electrons. The predicted molar refractivity (Wildman–Crippen MR) is 59.9 cm³/mol. The number of rotatable bonds is 3. The van der Waals surface area contributed by atoms with E-state index in [0.717, 1.165) is 23.2 Å². The van der Waals surface area contributed by atoms with Gasteiger partial charge in [0.25, 0.3) is 0 Å². The Morgan fingerprint density at radius 1 is 1.53 bits per heavy atom. The molecule has 15 heavy (non-hydrogen) atoms. The first-order valence-electron chi connectivity index (χ1n) is 4.96. The average molecular weight is 205 g/mol. The van der Waals surface area contributed by atoms with Crippen LogP contribution < -0.4 is 10.5 Å². The second kappa shape index (κ2) is 3.90. The number of ether oxygens (including phenoxy) is 1. The number of fused-ring (bicyclic) bond motifs is 1. The standard InChI is InChI=1S/C11H15N3O/c1-8(12)7-14-10-4-3-5-11(15-2)9(10)6-13-14/h3-6,8H,7,12H2,1-2H3. The predicted octanol–water partition coefficient (Wildman–Crippen LogP) is 1.39. The van der Waals surface area contributed by atoms with E-state index < -0.39 is 0 Å². The summed E-state index contributed by atoms with van der Waals surface area (Å²) in [6.45, 7) is 2.68. The molecule has 0 amide bonds. The van der Waals surface area contributed by atoms with Gasteiger partial charge in [0, 0.05) is 6.04 Å². The van der Waals surface area contributed by atoms with Crippen LogP contribution in [0.25, 0.3) is 10.9 Å². The lowest BCUT2D eigenvalue weighted by Gasteiger charge is -2.07. The number of hydrogen-bond donors (Lipinski definition) is 1. The third-order valence-electron chi connectivity index (χ3n) is 2.33. The quantitative estimate of drug-likeness (QED) is 0.823. The first-order valence-corrected chi connectivity index (χ1v) is 4.96. The molecule has 1 heterocycles. The Morgan fingerprint density at radius 3 is 3.00 bits per heavy atom. The summed E-state index contributed by atoms with van der Waals surface area (Å²) in [5.41, 5.74) is 6.81. The fraction of sp³-hybridized carbons (Fsp3) is 0.364. The minimum atomic E-state index is 0.0966. The molecule has 0 aliphatic heterocycles. The summed E-state index contributed by atoms with van der Waals surface area (Å²) < 4.78 is 7.17. The number of hydrogen-bond acceptors (Lipinski definition) is 3. The number of benzene rings is 1. The van der Waals surface area contributed by atoms with Gasteiger partial charge in [0.1, 0.15) is 5.75 Å². The minimum absolute atomic E-state index is 0.0966. The summed E-state index contributed by atoms with van der Waals surface area (Å²) in [6, 6.07) is 6.01. The summed E-state index contributed by atoms with van der Waals surface area (Å²) in [6.07, 6.45) is 1.82. The van der Waals surface area contributed by atoms with Crippen molar-refractivity contribution in [3.8, 4) is 5.75 Å². The second-order valence-electron chi connectivity index (χ2n) is 3.70. The Balaban J connectivity index is 2.51. The van der Waals surface area contributed by atoms with E-state index >= 15 is 0 Å². The number of aromatic nitrogens is 2. The van der Waals surface area contributed by atoms with Gasteiger partial charge in [0.2, 0.25) is 0 Å². The highest BCUT2D eigenvalue weighted by molar-refractivity contribution is 5.85. The molecule has 0 fully saturated rings. The zero-order valence-electron chi connectivity index (χ0n) is 8.97. The van der Waals surface area contributed by atoms with E-state index in [1.807, 2.05) is 36.0 Å². The topological polar surface area (TPSA) is 53.1 Å². The summed E-state index contributed by atoms with van der Waals surface area (Å²) in [4.78, 5) is 0. The lowest BCUT2D eigenvalue weighted by molar-refractivity contribution is 0.420. The van der Waals surface area contributed by atoms with Crippen molar-refractivity contribution >= 4 is 10.9 Å². The number of nitrogens with zero attached hydrogens (tertiary/aromatic N) is 2. The molecule has 0 saturated carbocycles. The van der Waals surface area contributed by atoms with Crippen molar-refractivity contribution in [2.24, 2.45) is 5.73 Å². The van der Waals surface area contributed by atoms with E-state index in [2.05, 4.69) is 5.10 Å². The first kappa shape index (κ1) is 9.98. The van der Waals surface area contributed by atoms with Gasteiger partial charge >= 0.3 is 0 Å². The smallest absolute Gasteiger partial charge is 0.129 e. The SMILES string of the molecule is COc1cccc2c1cnn2CC(C)N. The van der Waals surface area contributed by atoms with Crippen LogP contribution in [0.5, 0.6) is 5.75 Å².